The van der Waals surface area contributed by atoms with E-state index in [0.29, 0.717) is 16.0 Å². The van der Waals surface area contributed by atoms with E-state index in [0.717, 1.165) is 17.7 Å². The quantitative estimate of drug-likeness (QED) is 0.330. The highest BCUT2D eigenvalue weighted by Gasteiger charge is 2.31. The molecule has 0 saturated heterocycles. The third-order valence-electron chi connectivity index (χ3n) is 4.60. The molecule has 0 spiro atoms. The summed E-state index contributed by atoms with van der Waals surface area (Å²) in [5.74, 6) is -0.853. The van der Waals surface area contributed by atoms with Crippen molar-refractivity contribution in [3.8, 4) is 28.7 Å². The first-order valence-electron chi connectivity index (χ1n) is 10.2. The maximum Gasteiger partial charge on any atom is 0.573 e. The van der Waals surface area contributed by atoms with Crippen LogP contribution in [0, 0.1) is 13.8 Å². The Hall–Kier alpha value is -3.54. The van der Waals surface area contributed by atoms with E-state index in [-0.39, 0.29) is 35.2 Å². The number of alkyl halides is 3. The van der Waals surface area contributed by atoms with Gasteiger partial charge in [0.2, 0.25) is 0 Å². The lowest BCUT2D eigenvalue weighted by Crippen LogP contribution is -2.17. The number of anilines is 1. The normalized spacial score (nSPS) is 11.1. The fourth-order valence-corrected chi connectivity index (χ4v) is 3.38. The van der Waals surface area contributed by atoms with E-state index in [2.05, 4.69) is 36.0 Å². The molecule has 1 N–H and O–H groups in total. The average molecular weight is 556 g/mol. The van der Waals surface area contributed by atoms with E-state index in [1.165, 1.54) is 19.4 Å². The Bertz CT molecular complexity index is 1240. The Labute approximate surface area is 207 Å². The van der Waals surface area contributed by atoms with E-state index < -0.39 is 18.0 Å². The number of ether oxygens (including phenoxy) is 4. The van der Waals surface area contributed by atoms with Crippen LogP contribution in [-0.4, -0.2) is 36.0 Å². The molecule has 3 rings (SSSR count). The van der Waals surface area contributed by atoms with Crippen molar-refractivity contribution in [2.75, 3.05) is 19.0 Å². The molecular weight excluding hydrogens is 535 g/mol. The second-order valence-electron chi connectivity index (χ2n) is 7.08. The number of halogens is 4. The molecule has 0 saturated carbocycles. The summed E-state index contributed by atoms with van der Waals surface area (Å²) in [5.41, 5.74) is 1.71. The molecule has 1 aromatic carbocycles. The molecule has 0 aliphatic rings. The van der Waals surface area contributed by atoms with Crippen molar-refractivity contribution in [2.24, 2.45) is 0 Å². The van der Waals surface area contributed by atoms with Crippen molar-refractivity contribution in [3.63, 3.8) is 0 Å². The Balaban J connectivity index is 2.04. The predicted molar refractivity (Wildman–Crippen MR) is 125 cm³/mol. The molecule has 0 aliphatic carbocycles. The summed E-state index contributed by atoms with van der Waals surface area (Å²) in [7, 11) is 1.26. The molecular formula is C23H21BrF3N3O5. The topological polar surface area (TPSA) is 91.8 Å². The van der Waals surface area contributed by atoms with Crippen LogP contribution in [0.2, 0.25) is 0 Å². The molecule has 0 fully saturated rings. The standard InChI is InChI=1S/C23H21BrF3N3O5/c1-5-33-21-13(3)28-11-18(20(21)22(31)30-15-9-19(24)29-10-12(15)2)34-16-7-6-14(8-17(16)32-4)35-23(25,26)27/h6-11H,5H2,1-4H3,(H,29,30,31). The highest BCUT2D eigenvalue weighted by atomic mass is 79.9. The van der Waals surface area contributed by atoms with Crippen molar-refractivity contribution < 1.29 is 36.9 Å². The zero-order valence-electron chi connectivity index (χ0n) is 19.1. The first-order chi connectivity index (χ1) is 16.5. The smallest absolute Gasteiger partial charge is 0.493 e. The molecule has 2 heterocycles. The summed E-state index contributed by atoms with van der Waals surface area (Å²) in [6.07, 6.45) is -1.96. The minimum atomic E-state index is -4.87. The summed E-state index contributed by atoms with van der Waals surface area (Å²) in [4.78, 5) is 21.7. The van der Waals surface area contributed by atoms with E-state index in [1.807, 2.05) is 0 Å². The molecule has 0 radical (unpaired) electrons. The maximum absolute atomic E-state index is 13.4. The van der Waals surface area contributed by atoms with Crippen LogP contribution in [-0.2, 0) is 0 Å². The van der Waals surface area contributed by atoms with Gasteiger partial charge in [-0.2, -0.15) is 0 Å². The lowest BCUT2D eigenvalue weighted by atomic mass is 10.1. The van der Waals surface area contributed by atoms with Crippen LogP contribution in [0.5, 0.6) is 28.7 Å². The molecule has 8 nitrogen and oxygen atoms in total. The van der Waals surface area contributed by atoms with E-state index in [9.17, 15) is 18.0 Å². The van der Waals surface area contributed by atoms with Crippen molar-refractivity contribution in [3.05, 3.63) is 58.1 Å². The number of methoxy groups -OCH3 is 1. The number of carbonyl (C=O) groups is 1. The van der Waals surface area contributed by atoms with Gasteiger partial charge >= 0.3 is 6.36 Å². The third kappa shape index (κ3) is 6.53. The van der Waals surface area contributed by atoms with Gasteiger partial charge in [-0.3, -0.25) is 9.78 Å². The van der Waals surface area contributed by atoms with Crippen LogP contribution in [0.15, 0.2) is 41.3 Å². The van der Waals surface area contributed by atoms with Crippen LogP contribution in [0.4, 0.5) is 18.9 Å². The largest absolute Gasteiger partial charge is 0.573 e. The maximum atomic E-state index is 13.4. The molecule has 35 heavy (non-hydrogen) atoms. The Morgan fingerprint density at radius 3 is 2.49 bits per heavy atom. The second-order valence-corrected chi connectivity index (χ2v) is 7.90. The summed E-state index contributed by atoms with van der Waals surface area (Å²) in [6.45, 7) is 5.45. The van der Waals surface area contributed by atoms with E-state index >= 15 is 0 Å². The van der Waals surface area contributed by atoms with Crippen molar-refractivity contribution >= 4 is 27.5 Å². The van der Waals surface area contributed by atoms with Gasteiger partial charge in [0.1, 0.15) is 15.9 Å². The zero-order chi connectivity index (χ0) is 25.8. The molecule has 2 aromatic heterocycles. The highest BCUT2D eigenvalue weighted by Crippen LogP contribution is 2.40. The Morgan fingerprint density at radius 2 is 1.83 bits per heavy atom. The number of amides is 1. The van der Waals surface area contributed by atoms with Crippen LogP contribution >= 0.6 is 15.9 Å². The molecule has 0 aliphatic heterocycles. The minimum absolute atomic E-state index is 0.00474. The van der Waals surface area contributed by atoms with Gasteiger partial charge in [-0.05, 0) is 60.5 Å². The van der Waals surface area contributed by atoms with Gasteiger partial charge in [-0.15, -0.1) is 13.2 Å². The molecule has 0 atom stereocenters. The Morgan fingerprint density at radius 1 is 1.09 bits per heavy atom. The number of carbonyl (C=O) groups excluding carboxylic acids is 1. The second kappa shape index (κ2) is 10.8. The van der Waals surface area contributed by atoms with Crippen LogP contribution in [0.3, 0.4) is 0 Å². The Kier molecular flexibility index (Phi) is 8.05. The highest BCUT2D eigenvalue weighted by molar-refractivity contribution is 9.10. The summed E-state index contributed by atoms with van der Waals surface area (Å²) in [6, 6.07) is 4.95. The first kappa shape index (κ1) is 26.1. The summed E-state index contributed by atoms with van der Waals surface area (Å²) >= 11 is 3.28. The molecule has 0 bridgehead atoms. The van der Waals surface area contributed by atoms with E-state index in [4.69, 9.17) is 14.2 Å². The zero-order valence-corrected chi connectivity index (χ0v) is 20.7. The van der Waals surface area contributed by atoms with Crippen LogP contribution in [0.25, 0.3) is 0 Å². The van der Waals surface area contributed by atoms with E-state index in [1.54, 1.807) is 33.0 Å². The summed E-state index contributed by atoms with van der Waals surface area (Å²) in [5, 5.41) is 2.81. The number of aryl methyl sites for hydroxylation is 2. The number of nitrogens with one attached hydrogen (secondary N) is 1. The van der Waals surface area contributed by atoms with Gasteiger partial charge < -0.3 is 24.3 Å². The number of nitrogens with zero attached hydrogens (tertiary/aromatic N) is 2. The minimum Gasteiger partial charge on any atom is -0.493 e. The molecule has 12 heteroatoms. The lowest BCUT2D eigenvalue weighted by molar-refractivity contribution is -0.274. The number of aromatic nitrogens is 2. The lowest BCUT2D eigenvalue weighted by Gasteiger charge is -2.18. The molecule has 0 unspecified atom stereocenters. The SMILES string of the molecule is CCOc1c(C)ncc(Oc2ccc(OC(F)(F)F)cc2OC)c1C(=O)Nc1cc(Br)ncc1C. The summed E-state index contributed by atoms with van der Waals surface area (Å²) < 4.78 is 58.9. The van der Waals surface area contributed by atoms with Gasteiger partial charge in [0.05, 0.1) is 25.6 Å². The average Bonchev–Trinajstić information content (AvgIpc) is 2.78. The van der Waals surface area contributed by atoms with Gasteiger partial charge in [0, 0.05) is 18.0 Å². The molecule has 3 aromatic rings. The van der Waals surface area contributed by atoms with Crippen molar-refractivity contribution in [2.45, 2.75) is 27.1 Å². The van der Waals surface area contributed by atoms with Crippen molar-refractivity contribution in [1.82, 2.24) is 9.97 Å². The van der Waals surface area contributed by atoms with Gasteiger partial charge in [0.15, 0.2) is 23.0 Å². The number of hydrogen-bond acceptors (Lipinski definition) is 7. The molecule has 186 valence electrons. The number of pyridine rings is 2. The number of hydrogen-bond donors (Lipinski definition) is 1. The fraction of sp³-hybridized carbons (Fsp3) is 0.261. The monoisotopic (exact) mass is 555 g/mol. The third-order valence-corrected chi connectivity index (χ3v) is 5.03. The van der Waals surface area contributed by atoms with Gasteiger partial charge in [0.25, 0.3) is 5.91 Å². The van der Waals surface area contributed by atoms with Gasteiger partial charge in [-0.1, -0.05) is 0 Å². The number of benzene rings is 1. The number of rotatable bonds is 8. The van der Waals surface area contributed by atoms with Crippen LogP contribution in [0.1, 0.15) is 28.5 Å². The first-order valence-corrected chi connectivity index (χ1v) is 11.0. The predicted octanol–water partition coefficient (Wildman–Crippen LogP) is 6.21. The van der Waals surface area contributed by atoms with Gasteiger partial charge in [-0.25, -0.2) is 4.98 Å². The fourth-order valence-electron chi connectivity index (χ4n) is 3.05. The van der Waals surface area contributed by atoms with Crippen LogP contribution < -0.4 is 24.3 Å². The molecule has 1 amide bonds. The van der Waals surface area contributed by atoms with Crippen molar-refractivity contribution in [1.29, 1.82) is 0 Å².